The second-order valence-corrected chi connectivity index (χ2v) is 11.1. The summed E-state index contributed by atoms with van der Waals surface area (Å²) in [4.78, 5) is 2.52. The molecule has 0 aromatic rings. The van der Waals surface area contributed by atoms with Crippen molar-refractivity contribution in [1.29, 1.82) is 0 Å². The van der Waals surface area contributed by atoms with E-state index in [1.165, 1.54) is 12.6 Å². The number of allylic oxidation sites excluding steroid dienone is 1. The van der Waals surface area contributed by atoms with Crippen molar-refractivity contribution in [1.82, 2.24) is 4.90 Å². The van der Waals surface area contributed by atoms with Crippen LogP contribution in [0.1, 0.15) is 6.42 Å². The van der Waals surface area contributed by atoms with Gasteiger partial charge < -0.3 is 33.6 Å². The van der Waals surface area contributed by atoms with Gasteiger partial charge in [-0.25, -0.2) is 0 Å². The minimum absolute atomic E-state index is 0. The van der Waals surface area contributed by atoms with E-state index in [9.17, 15) is 0 Å². The Labute approximate surface area is 114 Å². The molecule has 2 aliphatic heterocycles. The minimum atomic E-state index is -0.752. The number of nitrogens with zero attached hydrogens (tertiary/aromatic N) is 1. The van der Waals surface area contributed by atoms with Gasteiger partial charge in [-0.2, -0.15) is 0 Å². The highest BCUT2D eigenvalue weighted by Crippen LogP contribution is 2.71. The van der Waals surface area contributed by atoms with Crippen LogP contribution in [-0.2, 0) is 4.74 Å². The molecule has 1 fully saturated rings. The zero-order valence-electron chi connectivity index (χ0n) is 9.41. The van der Waals surface area contributed by atoms with E-state index >= 15 is 0 Å². The molecule has 5 heteroatoms. The summed E-state index contributed by atoms with van der Waals surface area (Å²) in [5, 5.41) is 0. The maximum atomic E-state index is 5.37. The first-order valence-electron chi connectivity index (χ1n) is 5.19. The Balaban J connectivity index is 0.00000112. The van der Waals surface area contributed by atoms with Crippen LogP contribution in [0.25, 0.3) is 0 Å². The van der Waals surface area contributed by atoms with Gasteiger partial charge in [-0.3, -0.25) is 0 Å². The summed E-state index contributed by atoms with van der Waals surface area (Å²) in [6.07, 6.45) is 4.96. The SMILES string of the molecule is CS[P+]1(C)C=C(N2CCOCC2)CC1.[I-]. The third kappa shape index (κ3) is 3.48. The second-order valence-electron chi connectivity index (χ2n) is 4.05. The smallest absolute Gasteiger partial charge is 0.0975 e. The number of hydrogen-bond acceptors (Lipinski definition) is 3. The Kier molecular flexibility index (Phi) is 5.71. The molecule has 15 heavy (non-hydrogen) atoms. The van der Waals surface area contributed by atoms with Crippen LogP contribution >= 0.6 is 17.8 Å². The van der Waals surface area contributed by atoms with Crippen molar-refractivity contribution in [3.63, 3.8) is 0 Å². The lowest BCUT2D eigenvalue weighted by atomic mass is 10.3. The fraction of sp³-hybridized carbons (Fsp3) is 0.800. The molecule has 0 N–H and O–H groups in total. The first-order chi connectivity index (χ1) is 6.73. The average Bonchev–Trinajstić information content (AvgIpc) is 2.63. The van der Waals surface area contributed by atoms with Crippen molar-refractivity contribution in [3.05, 3.63) is 11.5 Å². The number of ether oxygens (including phenoxy) is 1. The van der Waals surface area contributed by atoms with E-state index in [-0.39, 0.29) is 24.0 Å². The van der Waals surface area contributed by atoms with Gasteiger partial charge in [0.2, 0.25) is 0 Å². The van der Waals surface area contributed by atoms with Crippen LogP contribution in [0.4, 0.5) is 0 Å². The first kappa shape index (κ1) is 14.1. The monoisotopic (exact) mass is 359 g/mol. The number of halogens is 1. The fourth-order valence-corrected chi connectivity index (χ4v) is 5.53. The van der Waals surface area contributed by atoms with Crippen molar-refractivity contribution in [2.75, 3.05) is 45.4 Å². The Hall–Kier alpha value is 1.01. The van der Waals surface area contributed by atoms with Crippen molar-refractivity contribution in [2.45, 2.75) is 6.42 Å². The molecule has 2 aliphatic rings. The number of rotatable bonds is 2. The van der Waals surface area contributed by atoms with E-state index in [0.29, 0.717) is 0 Å². The fourth-order valence-electron chi connectivity index (χ4n) is 2.02. The molecular formula is C10H19INOPS. The number of morpholine rings is 1. The van der Waals surface area contributed by atoms with Crippen molar-refractivity contribution >= 4 is 17.8 Å². The van der Waals surface area contributed by atoms with E-state index < -0.39 is 6.46 Å². The molecule has 1 atom stereocenters. The third-order valence-electron chi connectivity index (χ3n) is 3.07. The van der Waals surface area contributed by atoms with Crippen LogP contribution < -0.4 is 24.0 Å². The molecule has 88 valence electrons. The predicted octanol–water partition coefficient (Wildman–Crippen LogP) is -0.507. The molecular weight excluding hydrogens is 340 g/mol. The van der Waals surface area contributed by atoms with Gasteiger partial charge in [0.1, 0.15) is 0 Å². The van der Waals surface area contributed by atoms with Crippen LogP contribution in [0.3, 0.4) is 0 Å². The number of hydrogen-bond donors (Lipinski definition) is 0. The highest BCUT2D eigenvalue weighted by molar-refractivity contribution is 8.63. The van der Waals surface area contributed by atoms with Crippen LogP contribution in [0.2, 0.25) is 0 Å². The Morgan fingerprint density at radius 2 is 2.07 bits per heavy atom. The van der Waals surface area contributed by atoms with E-state index in [4.69, 9.17) is 4.74 Å². The topological polar surface area (TPSA) is 12.5 Å². The molecule has 0 aliphatic carbocycles. The molecule has 0 radical (unpaired) electrons. The predicted molar refractivity (Wildman–Crippen MR) is 66.3 cm³/mol. The molecule has 0 bridgehead atoms. The quantitative estimate of drug-likeness (QED) is 0.487. The molecule has 2 rings (SSSR count). The standard InChI is InChI=1S/C10H19NOPS.HI/c1-13(14-2)8-3-10(9-13)11-4-6-12-7-5-11;/h9H,3-8H2,1-2H3;1H/q+1;/p-1. The summed E-state index contributed by atoms with van der Waals surface area (Å²) in [6.45, 7) is 5.71. The van der Waals surface area contributed by atoms with Gasteiger partial charge in [-0.15, -0.1) is 0 Å². The highest BCUT2D eigenvalue weighted by Gasteiger charge is 2.37. The van der Waals surface area contributed by atoms with Gasteiger partial charge in [0.05, 0.1) is 44.0 Å². The lowest BCUT2D eigenvalue weighted by Gasteiger charge is -2.28. The van der Waals surface area contributed by atoms with E-state index in [1.807, 2.05) is 0 Å². The lowest BCUT2D eigenvalue weighted by molar-refractivity contribution is -0.00000390. The van der Waals surface area contributed by atoms with Crippen LogP contribution in [0.5, 0.6) is 0 Å². The summed E-state index contributed by atoms with van der Waals surface area (Å²) in [6, 6.07) is 0. The summed E-state index contributed by atoms with van der Waals surface area (Å²) in [5.41, 5.74) is 1.60. The molecule has 0 spiro atoms. The molecule has 0 aromatic carbocycles. The zero-order chi connectivity index (χ0) is 10.0. The molecule has 0 aromatic heterocycles. The van der Waals surface area contributed by atoms with Crippen molar-refractivity contribution < 1.29 is 28.7 Å². The largest absolute Gasteiger partial charge is 1.00 e. The second kappa shape index (κ2) is 6.08. The molecule has 1 saturated heterocycles. The van der Waals surface area contributed by atoms with Gasteiger partial charge in [-0.1, -0.05) is 0 Å². The van der Waals surface area contributed by atoms with Gasteiger partial charge in [0, 0.05) is 37.1 Å². The molecule has 2 heterocycles. The highest BCUT2D eigenvalue weighted by atomic mass is 127. The summed E-state index contributed by atoms with van der Waals surface area (Å²) < 4.78 is 5.37. The van der Waals surface area contributed by atoms with Crippen LogP contribution in [0, 0.1) is 0 Å². The summed E-state index contributed by atoms with van der Waals surface area (Å²) in [7, 11) is 0. The zero-order valence-corrected chi connectivity index (χ0v) is 13.3. The average molecular weight is 359 g/mol. The Bertz CT molecular complexity index is 246. The lowest BCUT2D eigenvalue weighted by Crippen LogP contribution is -3.00. The van der Waals surface area contributed by atoms with Crippen molar-refractivity contribution in [2.24, 2.45) is 0 Å². The van der Waals surface area contributed by atoms with Gasteiger partial charge >= 0.3 is 0 Å². The maximum Gasteiger partial charge on any atom is 0.0975 e. The third-order valence-corrected chi connectivity index (χ3v) is 9.22. The van der Waals surface area contributed by atoms with E-state index in [2.05, 4.69) is 35.0 Å². The van der Waals surface area contributed by atoms with Crippen molar-refractivity contribution in [3.8, 4) is 0 Å². The molecule has 1 unspecified atom stereocenters. The molecule has 2 nitrogen and oxygen atoms in total. The van der Waals surface area contributed by atoms with Crippen LogP contribution in [0.15, 0.2) is 11.5 Å². The molecule has 0 amide bonds. The molecule has 0 saturated carbocycles. The van der Waals surface area contributed by atoms with Gasteiger partial charge in [-0.05, 0) is 0 Å². The normalized spacial score (nSPS) is 31.1. The van der Waals surface area contributed by atoms with Crippen LogP contribution in [-0.4, -0.2) is 50.3 Å². The maximum absolute atomic E-state index is 5.37. The van der Waals surface area contributed by atoms with E-state index in [1.54, 1.807) is 5.70 Å². The van der Waals surface area contributed by atoms with E-state index in [0.717, 1.165) is 26.3 Å². The Morgan fingerprint density at radius 1 is 1.40 bits per heavy atom. The summed E-state index contributed by atoms with van der Waals surface area (Å²) >= 11 is 2.08. The first-order valence-corrected chi connectivity index (χ1v) is 9.51. The van der Waals surface area contributed by atoms with Gasteiger partial charge in [0.25, 0.3) is 0 Å². The Morgan fingerprint density at radius 3 is 2.60 bits per heavy atom. The minimum Gasteiger partial charge on any atom is -1.00 e. The van der Waals surface area contributed by atoms with Gasteiger partial charge in [0.15, 0.2) is 0 Å². The summed E-state index contributed by atoms with van der Waals surface area (Å²) in [5.74, 6) is 2.57.